The topological polar surface area (TPSA) is 33.5 Å². The molecule has 0 saturated carbocycles. The van der Waals surface area contributed by atoms with Crippen LogP contribution in [0.5, 0.6) is 11.5 Å². The van der Waals surface area contributed by atoms with Crippen molar-refractivity contribution in [3.8, 4) is 28.4 Å². The highest BCUT2D eigenvalue weighted by Gasteiger charge is 2.19. The van der Waals surface area contributed by atoms with Crippen LogP contribution < -0.4 is 14.5 Å². The van der Waals surface area contributed by atoms with Crippen molar-refractivity contribution in [2.24, 2.45) is 0 Å². The molecule has 5 nitrogen and oxygen atoms in total. The minimum absolute atomic E-state index is 0.744. The monoisotopic (exact) mass is 598 g/mol. The van der Waals surface area contributed by atoms with Gasteiger partial charge in [0.05, 0.1) is 17.7 Å². The molecule has 0 spiro atoms. The molecule has 0 saturated heterocycles. The van der Waals surface area contributed by atoms with E-state index in [1.54, 1.807) is 0 Å². The molecule has 0 aliphatic carbocycles. The van der Waals surface area contributed by atoms with Crippen molar-refractivity contribution < 1.29 is 4.74 Å². The van der Waals surface area contributed by atoms with E-state index in [4.69, 9.17) is 9.72 Å². The van der Waals surface area contributed by atoms with Crippen molar-refractivity contribution >= 4 is 33.2 Å². The Morgan fingerprint density at radius 3 is 2.22 bits per heavy atom. The molecular formula is C41H34N4O. The third kappa shape index (κ3) is 4.96. The number of fused-ring (bicyclic) bond motifs is 3. The van der Waals surface area contributed by atoms with E-state index in [1.165, 1.54) is 27.8 Å². The van der Waals surface area contributed by atoms with Crippen LogP contribution in [0.4, 0.5) is 11.4 Å². The number of para-hydroxylation sites is 1. The highest BCUT2D eigenvalue weighted by molar-refractivity contribution is 6.09. The van der Waals surface area contributed by atoms with Gasteiger partial charge in [-0.25, -0.2) is 4.98 Å². The second-order valence-corrected chi connectivity index (χ2v) is 12.0. The maximum atomic E-state index is 6.53. The van der Waals surface area contributed by atoms with Gasteiger partial charge in [-0.05, 0) is 97.1 Å². The van der Waals surface area contributed by atoms with E-state index in [1.807, 2.05) is 18.3 Å². The Morgan fingerprint density at radius 2 is 1.33 bits per heavy atom. The van der Waals surface area contributed by atoms with Gasteiger partial charge in [0.1, 0.15) is 17.3 Å². The number of anilines is 2. The largest absolute Gasteiger partial charge is 0.457 e. The van der Waals surface area contributed by atoms with E-state index in [0.29, 0.717) is 0 Å². The lowest BCUT2D eigenvalue weighted by Gasteiger charge is -2.24. The van der Waals surface area contributed by atoms with Crippen LogP contribution in [0.15, 0.2) is 140 Å². The smallest absolute Gasteiger partial charge is 0.138 e. The molecule has 0 radical (unpaired) electrons. The molecule has 0 bridgehead atoms. The van der Waals surface area contributed by atoms with E-state index in [9.17, 15) is 0 Å². The Hall–Kier alpha value is -5.81. The van der Waals surface area contributed by atoms with Crippen molar-refractivity contribution in [1.29, 1.82) is 0 Å². The number of aryl methyl sites for hydroxylation is 3. The number of hydrogen-bond acceptors (Lipinski definition) is 4. The summed E-state index contributed by atoms with van der Waals surface area (Å²) in [4.78, 5) is 9.36. The lowest BCUT2D eigenvalue weighted by molar-refractivity contribution is 0.483. The Bertz CT molecular complexity index is 2270. The molecule has 8 rings (SSSR count). The molecule has 224 valence electrons. The maximum Gasteiger partial charge on any atom is 0.138 e. The van der Waals surface area contributed by atoms with Crippen molar-refractivity contribution in [3.63, 3.8) is 0 Å². The molecule has 0 unspecified atom stereocenters. The zero-order valence-electron chi connectivity index (χ0n) is 26.2. The average Bonchev–Trinajstić information content (AvgIpc) is 3.70. The SMILES string of the molecule is Cc1cc(C)c(N2C=CN(c3cccc(Oc4ccc5c6ccccc6n(-c6cc(-c7ccccc7)ccn6)c5c4)c3)C2)cc1C. The van der Waals surface area contributed by atoms with Crippen molar-refractivity contribution in [2.75, 3.05) is 16.5 Å². The van der Waals surface area contributed by atoms with Crippen LogP contribution in [0.3, 0.4) is 0 Å². The van der Waals surface area contributed by atoms with Gasteiger partial charge in [-0.2, -0.15) is 0 Å². The molecule has 5 aromatic carbocycles. The van der Waals surface area contributed by atoms with Crippen molar-refractivity contribution in [1.82, 2.24) is 9.55 Å². The summed E-state index contributed by atoms with van der Waals surface area (Å²) in [5.74, 6) is 2.44. The molecule has 1 aliphatic rings. The summed E-state index contributed by atoms with van der Waals surface area (Å²) in [7, 11) is 0. The van der Waals surface area contributed by atoms with Gasteiger partial charge in [-0.1, -0.05) is 60.7 Å². The summed E-state index contributed by atoms with van der Waals surface area (Å²) in [5, 5.41) is 2.34. The van der Waals surface area contributed by atoms with Crippen LogP contribution in [0.25, 0.3) is 38.8 Å². The number of rotatable bonds is 6. The fourth-order valence-electron chi connectivity index (χ4n) is 6.47. The van der Waals surface area contributed by atoms with Crippen LogP contribution in [0.2, 0.25) is 0 Å². The van der Waals surface area contributed by atoms with Crippen LogP contribution in [-0.4, -0.2) is 16.2 Å². The van der Waals surface area contributed by atoms with Gasteiger partial charge < -0.3 is 14.5 Å². The normalized spacial score (nSPS) is 12.8. The molecule has 5 heteroatoms. The second-order valence-electron chi connectivity index (χ2n) is 12.0. The Kier molecular flexibility index (Phi) is 6.80. The minimum atomic E-state index is 0.744. The number of nitrogens with zero attached hydrogens (tertiary/aromatic N) is 4. The molecule has 0 amide bonds. The van der Waals surface area contributed by atoms with Gasteiger partial charge in [0.2, 0.25) is 0 Å². The number of benzene rings is 5. The zero-order chi connectivity index (χ0) is 31.2. The Morgan fingerprint density at radius 1 is 0.565 bits per heavy atom. The molecular weight excluding hydrogens is 564 g/mol. The first-order valence-corrected chi connectivity index (χ1v) is 15.6. The summed E-state index contributed by atoms with van der Waals surface area (Å²) >= 11 is 0. The highest BCUT2D eigenvalue weighted by Crippen LogP contribution is 2.37. The molecule has 0 N–H and O–H groups in total. The van der Waals surface area contributed by atoms with E-state index < -0.39 is 0 Å². The van der Waals surface area contributed by atoms with Gasteiger partial charge in [-0.15, -0.1) is 0 Å². The summed E-state index contributed by atoms with van der Waals surface area (Å²) in [6.07, 6.45) is 6.17. The maximum absolute atomic E-state index is 6.53. The van der Waals surface area contributed by atoms with Gasteiger partial charge >= 0.3 is 0 Å². The third-order valence-corrected chi connectivity index (χ3v) is 8.96. The van der Waals surface area contributed by atoms with E-state index in [0.717, 1.165) is 57.2 Å². The molecule has 3 heterocycles. The van der Waals surface area contributed by atoms with E-state index in [-0.39, 0.29) is 0 Å². The van der Waals surface area contributed by atoms with Crippen LogP contribution in [0.1, 0.15) is 16.7 Å². The average molecular weight is 599 g/mol. The lowest BCUT2D eigenvalue weighted by Crippen LogP contribution is -2.25. The second kappa shape index (κ2) is 11.3. The highest BCUT2D eigenvalue weighted by atomic mass is 16.5. The van der Waals surface area contributed by atoms with Crippen molar-refractivity contribution in [2.45, 2.75) is 20.8 Å². The molecule has 2 aromatic heterocycles. The molecule has 0 fully saturated rings. The summed E-state index contributed by atoms with van der Waals surface area (Å²) in [6.45, 7) is 7.26. The first kappa shape index (κ1) is 27.7. The van der Waals surface area contributed by atoms with E-state index >= 15 is 0 Å². The molecule has 7 aromatic rings. The standard InChI is InChI=1S/C41H34N4O/c1-28-22-30(3)39(23-29(28)2)44-21-20-43(27-44)33-12-9-13-34(25-33)46-35-16-17-37-36-14-7-8-15-38(36)45(40(37)26-35)41-24-32(18-19-42-41)31-10-5-4-6-11-31/h4-26H,27H2,1-3H3. The predicted octanol–water partition coefficient (Wildman–Crippen LogP) is 10.3. The van der Waals surface area contributed by atoms with E-state index in [2.05, 4.69) is 157 Å². The first-order valence-electron chi connectivity index (χ1n) is 15.6. The summed E-state index contributed by atoms with van der Waals surface area (Å²) in [5.41, 5.74) is 10.7. The number of aromatic nitrogens is 2. The van der Waals surface area contributed by atoms with Gasteiger partial charge in [-0.3, -0.25) is 4.57 Å². The van der Waals surface area contributed by atoms with Gasteiger partial charge in [0, 0.05) is 52.9 Å². The van der Waals surface area contributed by atoms with Crippen LogP contribution in [-0.2, 0) is 0 Å². The Balaban J connectivity index is 1.11. The first-order chi connectivity index (χ1) is 22.5. The third-order valence-electron chi connectivity index (χ3n) is 8.96. The molecule has 0 atom stereocenters. The predicted molar refractivity (Wildman–Crippen MR) is 190 cm³/mol. The van der Waals surface area contributed by atoms with Gasteiger partial charge in [0.15, 0.2) is 0 Å². The van der Waals surface area contributed by atoms with Gasteiger partial charge in [0.25, 0.3) is 0 Å². The summed E-state index contributed by atoms with van der Waals surface area (Å²) < 4.78 is 8.76. The lowest BCUT2D eigenvalue weighted by atomic mass is 10.0. The molecule has 46 heavy (non-hydrogen) atoms. The Labute approximate surface area is 269 Å². The van der Waals surface area contributed by atoms with Crippen molar-refractivity contribution in [3.05, 3.63) is 157 Å². The quantitative estimate of drug-likeness (QED) is 0.191. The summed E-state index contributed by atoms with van der Waals surface area (Å²) in [6, 6.07) is 42.3. The zero-order valence-corrected chi connectivity index (χ0v) is 26.2. The number of pyridine rings is 1. The molecule has 1 aliphatic heterocycles. The van der Waals surface area contributed by atoms with Crippen LogP contribution >= 0.6 is 0 Å². The number of ether oxygens (including phenoxy) is 1. The van der Waals surface area contributed by atoms with Crippen LogP contribution in [0, 0.1) is 20.8 Å². The minimum Gasteiger partial charge on any atom is -0.457 e. The fourth-order valence-corrected chi connectivity index (χ4v) is 6.47. The fraction of sp³-hybridized carbons (Fsp3) is 0.0976. The number of hydrogen-bond donors (Lipinski definition) is 0.